The lowest BCUT2D eigenvalue weighted by atomic mass is 10.1. The third kappa shape index (κ3) is 3.89. The fraction of sp³-hybridized carbons (Fsp3) is 0.571. The van der Waals surface area contributed by atoms with Crippen LogP contribution in [0, 0.1) is 5.82 Å². The molecule has 1 heterocycles. The minimum atomic E-state index is -0.288. The largest absolute Gasteiger partial charge is 0.494 e. The molecule has 1 fully saturated rings. The lowest BCUT2D eigenvalue weighted by Crippen LogP contribution is -2.26. The highest BCUT2D eigenvalue weighted by Crippen LogP contribution is 2.24. The summed E-state index contributed by atoms with van der Waals surface area (Å²) >= 11 is 2.05. The summed E-state index contributed by atoms with van der Waals surface area (Å²) in [6.07, 6.45) is 4.00. The molecule has 1 N–H and O–H groups in total. The molecule has 0 aromatic heterocycles. The van der Waals surface area contributed by atoms with E-state index < -0.39 is 0 Å². The van der Waals surface area contributed by atoms with E-state index in [9.17, 15) is 4.39 Å². The van der Waals surface area contributed by atoms with Crippen LogP contribution in [0.25, 0.3) is 0 Å². The lowest BCUT2D eigenvalue weighted by Gasteiger charge is -2.21. The van der Waals surface area contributed by atoms with Crippen LogP contribution in [0.3, 0.4) is 0 Å². The van der Waals surface area contributed by atoms with Crippen LogP contribution in [0.2, 0.25) is 0 Å². The molecule has 100 valence electrons. The number of nitrogens with one attached hydrogen (secondary N) is 1. The summed E-state index contributed by atoms with van der Waals surface area (Å²) < 4.78 is 18.4. The van der Waals surface area contributed by atoms with Gasteiger partial charge >= 0.3 is 0 Å². The van der Waals surface area contributed by atoms with Gasteiger partial charge in [0.25, 0.3) is 0 Å². The summed E-state index contributed by atoms with van der Waals surface area (Å²) in [5, 5.41) is 4.13. The number of hydrogen-bond acceptors (Lipinski definition) is 3. The first kappa shape index (κ1) is 13.7. The van der Waals surface area contributed by atoms with Crippen molar-refractivity contribution in [2.75, 3.05) is 19.4 Å². The van der Waals surface area contributed by atoms with Crippen molar-refractivity contribution >= 4 is 11.8 Å². The van der Waals surface area contributed by atoms with Crippen molar-refractivity contribution in [1.82, 2.24) is 5.32 Å². The minimum Gasteiger partial charge on any atom is -0.494 e. The van der Waals surface area contributed by atoms with Crippen LogP contribution in [-0.4, -0.2) is 24.7 Å². The molecule has 0 aliphatic carbocycles. The maximum Gasteiger partial charge on any atom is 0.165 e. The molecule has 2 nitrogen and oxygen atoms in total. The highest BCUT2D eigenvalue weighted by Gasteiger charge is 2.13. The third-order valence-electron chi connectivity index (χ3n) is 3.19. The van der Waals surface area contributed by atoms with Crippen LogP contribution in [-0.2, 0) is 6.54 Å². The van der Waals surface area contributed by atoms with Crippen LogP contribution >= 0.6 is 11.8 Å². The Hall–Kier alpha value is -0.740. The van der Waals surface area contributed by atoms with Gasteiger partial charge in [0.2, 0.25) is 0 Å². The van der Waals surface area contributed by atoms with Gasteiger partial charge in [-0.25, -0.2) is 4.39 Å². The SMILES string of the molecule is COc1ccc(CNCC2CCCCS2)cc1F. The van der Waals surface area contributed by atoms with E-state index in [4.69, 9.17) is 4.74 Å². The van der Waals surface area contributed by atoms with E-state index in [0.717, 1.165) is 23.9 Å². The number of methoxy groups -OCH3 is 1. The van der Waals surface area contributed by atoms with Gasteiger partial charge in [0.1, 0.15) is 0 Å². The zero-order chi connectivity index (χ0) is 12.8. The normalized spacial score (nSPS) is 19.8. The molecule has 0 amide bonds. The second-order valence-corrected chi connectivity index (χ2v) is 6.00. The summed E-state index contributed by atoms with van der Waals surface area (Å²) in [5.41, 5.74) is 0.967. The average molecular weight is 269 g/mol. The molecule has 0 saturated carbocycles. The first-order valence-electron chi connectivity index (χ1n) is 6.44. The molecule has 0 spiro atoms. The van der Waals surface area contributed by atoms with E-state index in [-0.39, 0.29) is 5.82 Å². The van der Waals surface area contributed by atoms with Crippen LogP contribution < -0.4 is 10.1 Å². The van der Waals surface area contributed by atoms with Gasteiger partial charge in [0.15, 0.2) is 11.6 Å². The van der Waals surface area contributed by atoms with Crippen LogP contribution in [0.1, 0.15) is 24.8 Å². The van der Waals surface area contributed by atoms with Gasteiger partial charge in [0.05, 0.1) is 7.11 Å². The van der Waals surface area contributed by atoms with Crippen molar-refractivity contribution in [1.29, 1.82) is 0 Å². The Labute approximate surface area is 112 Å². The molecule has 2 rings (SSSR count). The van der Waals surface area contributed by atoms with Gasteiger partial charge in [-0.1, -0.05) is 12.5 Å². The minimum absolute atomic E-state index is 0.288. The van der Waals surface area contributed by atoms with Gasteiger partial charge in [-0.05, 0) is 36.3 Å². The summed E-state index contributed by atoms with van der Waals surface area (Å²) in [4.78, 5) is 0. The van der Waals surface area contributed by atoms with Crippen molar-refractivity contribution in [2.24, 2.45) is 0 Å². The lowest BCUT2D eigenvalue weighted by molar-refractivity contribution is 0.386. The Morgan fingerprint density at radius 3 is 3.00 bits per heavy atom. The number of ether oxygens (including phenoxy) is 1. The Balaban J connectivity index is 1.77. The molecule has 1 atom stereocenters. The Morgan fingerprint density at radius 2 is 2.33 bits per heavy atom. The number of halogens is 1. The zero-order valence-electron chi connectivity index (χ0n) is 10.7. The van der Waals surface area contributed by atoms with Gasteiger partial charge in [-0.2, -0.15) is 11.8 Å². The molecule has 0 radical (unpaired) electrons. The fourth-order valence-corrected chi connectivity index (χ4v) is 3.44. The van der Waals surface area contributed by atoms with Gasteiger partial charge in [-0.3, -0.25) is 0 Å². The molecule has 1 aromatic rings. The fourth-order valence-electron chi connectivity index (χ4n) is 2.17. The second-order valence-electron chi connectivity index (χ2n) is 4.59. The Morgan fingerprint density at radius 1 is 1.44 bits per heavy atom. The van der Waals surface area contributed by atoms with Crippen molar-refractivity contribution in [2.45, 2.75) is 31.1 Å². The van der Waals surface area contributed by atoms with E-state index in [1.807, 2.05) is 6.07 Å². The average Bonchev–Trinajstić information content (AvgIpc) is 2.40. The van der Waals surface area contributed by atoms with E-state index in [0.29, 0.717) is 5.75 Å². The van der Waals surface area contributed by atoms with Gasteiger partial charge < -0.3 is 10.1 Å². The van der Waals surface area contributed by atoms with E-state index in [1.54, 1.807) is 12.1 Å². The van der Waals surface area contributed by atoms with Crippen molar-refractivity contribution in [3.63, 3.8) is 0 Å². The molecule has 1 aliphatic heterocycles. The molecular formula is C14H20FNOS. The van der Waals surface area contributed by atoms with Crippen molar-refractivity contribution in [3.8, 4) is 5.75 Å². The summed E-state index contributed by atoms with van der Waals surface area (Å²) in [6, 6.07) is 5.13. The summed E-state index contributed by atoms with van der Waals surface area (Å²) in [7, 11) is 1.48. The summed E-state index contributed by atoms with van der Waals surface area (Å²) in [5.74, 6) is 1.30. The molecule has 1 saturated heterocycles. The first-order valence-corrected chi connectivity index (χ1v) is 7.49. The summed E-state index contributed by atoms with van der Waals surface area (Å²) in [6.45, 7) is 1.73. The number of benzene rings is 1. The van der Waals surface area contributed by atoms with E-state index in [1.165, 1.54) is 32.1 Å². The van der Waals surface area contributed by atoms with Crippen LogP contribution in [0.5, 0.6) is 5.75 Å². The molecule has 1 aliphatic rings. The smallest absolute Gasteiger partial charge is 0.165 e. The molecule has 1 unspecified atom stereocenters. The maximum atomic E-state index is 13.5. The number of rotatable bonds is 5. The molecule has 1 aromatic carbocycles. The van der Waals surface area contributed by atoms with E-state index >= 15 is 0 Å². The Kier molecular flexibility index (Phi) is 5.32. The molecule has 18 heavy (non-hydrogen) atoms. The monoisotopic (exact) mass is 269 g/mol. The van der Waals surface area contributed by atoms with Gasteiger partial charge in [-0.15, -0.1) is 0 Å². The highest BCUT2D eigenvalue weighted by atomic mass is 32.2. The highest BCUT2D eigenvalue weighted by molar-refractivity contribution is 7.99. The van der Waals surface area contributed by atoms with Crippen LogP contribution in [0.15, 0.2) is 18.2 Å². The molecule has 0 bridgehead atoms. The van der Waals surface area contributed by atoms with E-state index in [2.05, 4.69) is 17.1 Å². The maximum absolute atomic E-state index is 13.5. The standard InChI is InChI=1S/C14H20FNOS/c1-17-14-6-5-11(8-13(14)15)9-16-10-12-4-2-3-7-18-12/h5-6,8,12,16H,2-4,7,9-10H2,1H3. The number of hydrogen-bond donors (Lipinski definition) is 1. The van der Waals surface area contributed by atoms with Crippen LogP contribution in [0.4, 0.5) is 4.39 Å². The zero-order valence-corrected chi connectivity index (χ0v) is 11.6. The van der Waals surface area contributed by atoms with Crippen molar-refractivity contribution in [3.05, 3.63) is 29.6 Å². The predicted molar refractivity (Wildman–Crippen MR) is 74.8 cm³/mol. The molecule has 4 heteroatoms. The Bertz CT molecular complexity index is 380. The second kappa shape index (κ2) is 7.00. The first-order chi connectivity index (χ1) is 8.79. The predicted octanol–water partition coefficient (Wildman–Crippen LogP) is 3.21. The van der Waals surface area contributed by atoms with Crippen molar-refractivity contribution < 1.29 is 9.13 Å². The third-order valence-corrected chi connectivity index (χ3v) is 4.59. The topological polar surface area (TPSA) is 21.3 Å². The molecular weight excluding hydrogens is 249 g/mol. The number of thioether (sulfide) groups is 1. The quantitative estimate of drug-likeness (QED) is 0.887. The van der Waals surface area contributed by atoms with Gasteiger partial charge in [0, 0.05) is 18.3 Å².